The van der Waals surface area contributed by atoms with E-state index in [-0.39, 0.29) is 23.9 Å². The van der Waals surface area contributed by atoms with Crippen molar-refractivity contribution in [1.82, 2.24) is 4.90 Å². The standard InChI is InChI=1S/C14H23N3OS/c1-9-5-8-19-13(9)12(10(2)15)17-6-3-11(4-7-17)14(16)18/h5,8,10-12H,3-4,6-7,15H2,1-2H3,(H2,16,18). The number of amides is 1. The molecule has 1 aromatic heterocycles. The minimum Gasteiger partial charge on any atom is -0.369 e. The van der Waals surface area contributed by atoms with Crippen molar-refractivity contribution in [3.63, 3.8) is 0 Å². The van der Waals surface area contributed by atoms with Gasteiger partial charge in [-0.05, 0) is 56.8 Å². The second-order valence-electron chi connectivity index (χ2n) is 5.48. The van der Waals surface area contributed by atoms with E-state index < -0.39 is 0 Å². The van der Waals surface area contributed by atoms with Gasteiger partial charge in [0.25, 0.3) is 0 Å². The van der Waals surface area contributed by atoms with Crippen LogP contribution in [0.4, 0.5) is 0 Å². The van der Waals surface area contributed by atoms with E-state index >= 15 is 0 Å². The molecule has 1 aliphatic heterocycles. The van der Waals surface area contributed by atoms with E-state index in [9.17, 15) is 4.79 Å². The number of likely N-dealkylation sites (tertiary alicyclic amines) is 1. The number of nitrogens with two attached hydrogens (primary N) is 2. The van der Waals surface area contributed by atoms with Gasteiger partial charge in [0.2, 0.25) is 5.91 Å². The van der Waals surface area contributed by atoms with E-state index in [0.717, 1.165) is 25.9 Å². The van der Waals surface area contributed by atoms with Crippen LogP contribution < -0.4 is 11.5 Å². The molecule has 4 N–H and O–H groups in total. The molecule has 1 amide bonds. The van der Waals surface area contributed by atoms with Crippen LogP contribution in [0.3, 0.4) is 0 Å². The number of piperidine rings is 1. The molecule has 0 aromatic carbocycles. The Morgan fingerprint density at radius 3 is 2.53 bits per heavy atom. The maximum absolute atomic E-state index is 11.2. The number of carbonyl (C=O) groups excluding carboxylic acids is 1. The first-order chi connectivity index (χ1) is 9.00. The van der Waals surface area contributed by atoms with Crippen molar-refractivity contribution in [3.05, 3.63) is 21.9 Å². The Morgan fingerprint density at radius 1 is 1.47 bits per heavy atom. The van der Waals surface area contributed by atoms with E-state index in [1.807, 2.05) is 0 Å². The molecule has 4 nitrogen and oxygen atoms in total. The number of nitrogens with zero attached hydrogens (tertiary/aromatic N) is 1. The van der Waals surface area contributed by atoms with Gasteiger partial charge in [-0.15, -0.1) is 11.3 Å². The van der Waals surface area contributed by atoms with Crippen LogP contribution in [0.15, 0.2) is 11.4 Å². The number of rotatable bonds is 4. The smallest absolute Gasteiger partial charge is 0.220 e. The van der Waals surface area contributed by atoms with Gasteiger partial charge in [-0.2, -0.15) is 0 Å². The monoisotopic (exact) mass is 281 g/mol. The molecule has 2 rings (SSSR count). The summed E-state index contributed by atoms with van der Waals surface area (Å²) in [6.07, 6.45) is 1.70. The van der Waals surface area contributed by atoms with Crippen LogP contribution in [0.5, 0.6) is 0 Å². The highest BCUT2D eigenvalue weighted by atomic mass is 32.1. The Kier molecular flexibility index (Phi) is 4.60. The summed E-state index contributed by atoms with van der Waals surface area (Å²) in [6.45, 7) is 6.00. The number of hydrogen-bond acceptors (Lipinski definition) is 4. The SMILES string of the molecule is Cc1ccsc1C(C(C)N)N1CCC(C(N)=O)CC1. The summed E-state index contributed by atoms with van der Waals surface area (Å²) < 4.78 is 0. The molecule has 1 aromatic rings. The minimum absolute atomic E-state index is 0.0365. The number of primary amides is 1. The number of hydrogen-bond donors (Lipinski definition) is 2. The maximum Gasteiger partial charge on any atom is 0.220 e. The average Bonchev–Trinajstić information content (AvgIpc) is 2.76. The molecule has 0 bridgehead atoms. The summed E-state index contributed by atoms with van der Waals surface area (Å²) in [5.74, 6) is -0.126. The lowest BCUT2D eigenvalue weighted by molar-refractivity contribution is -0.123. The third-order valence-corrected chi connectivity index (χ3v) is 5.08. The number of thiophene rings is 1. The van der Waals surface area contributed by atoms with Crippen LogP contribution in [0.2, 0.25) is 0 Å². The Hall–Kier alpha value is -0.910. The van der Waals surface area contributed by atoms with Crippen LogP contribution in [-0.2, 0) is 4.79 Å². The Balaban J connectivity index is 2.10. The molecule has 0 radical (unpaired) electrons. The van der Waals surface area contributed by atoms with Gasteiger partial charge in [-0.3, -0.25) is 9.69 Å². The van der Waals surface area contributed by atoms with E-state index in [4.69, 9.17) is 11.5 Å². The zero-order valence-electron chi connectivity index (χ0n) is 11.6. The molecule has 106 valence electrons. The molecule has 2 heterocycles. The highest BCUT2D eigenvalue weighted by molar-refractivity contribution is 7.10. The lowest BCUT2D eigenvalue weighted by atomic mass is 9.93. The van der Waals surface area contributed by atoms with E-state index in [1.165, 1.54) is 10.4 Å². The molecule has 1 aliphatic rings. The lowest BCUT2D eigenvalue weighted by Gasteiger charge is -2.38. The first-order valence-corrected chi connectivity index (χ1v) is 7.71. The fourth-order valence-corrected chi connectivity index (χ4v) is 4.06. The van der Waals surface area contributed by atoms with Gasteiger partial charge in [0.1, 0.15) is 0 Å². The molecular formula is C14H23N3OS. The lowest BCUT2D eigenvalue weighted by Crippen LogP contribution is -2.45. The fourth-order valence-electron chi connectivity index (χ4n) is 2.89. The molecule has 2 atom stereocenters. The minimum atomic E-state index is -0.163. The summed E-state index contributed by atoms with van der Waals surface area (Å²) in [5, 5.41) is 2.12. The van der Waals surface area contributed by atoms with Crippen molar-refractivity contribution in [2.24, 2.45) is 17.4 Å². The first-order valence-electron chi connectivity index (χ1n) is 6.83. The van der Waals surface area contributed by atoms with Gasteiger partial charge in [0, 0.05) is 16.8 Å². The van der Waals surface area contributed by atoms with Crippen molar-refractivity contribution >= 4 is 17.2 Å². The molecule has 5 heteroatoms. The van der Waals surface area contributed by atoms with Gasteiger partial charge >= 0.3 is 0 Å². The van der Waals surface area contributed by atoms with E-state index in [0.29, 0.717) is 0 Å². The van der Waals surface area contributed by atoms with E-state index in [1.54, 1.807) is 11.3 Å². The van der Waals surface area contributed by atoms with Gasteiger partial charge in [0.15, 0.2) is 0 Å². The van der Waals surface area contributed by atoms with Crippen LogP contribution in [-0.4, -0.2) is 29.9 Å². The summed E-state index contributed by atoms with van der Waals surface area (Å²) >= 11 is 1.77. The van der Waals surface area contributed by atoms with Crippen LogP contribution in [0.25, 0.3) is 0 Å². The van der Waals surface area contributed by atoms with Crippen molar-refractivity contribution in [2.75, 3.05) is 13.1 Å². The van der Waals surface area contributed by atoms with Crippen LogP contribution in [0.1, 0.15) is 36.2 Å². The number of carbonyl (C=O) groups is 1. The van der Waals surface area contributed by atoms with Gasteiger partial charge in [0.05, 0.1) is 6.04 Å². The second kappa shape index (κ2) is 6.03. The van der Waals surface area contributed by atoms with Crippen molar-refractivity contribution in [1.29, 1.82) is 0 Å². The summed E-state index contributed by atoms with van der Waals surface area (Å²) in [7, 11) is 0. The van der Waals surface area contributed by atoms with Crippen molar-refractivity contribution in [3.8, 4) is 0 Å². The Labute approximate surface area is 118 Å². The van der Waals surface area contributed by atoms with Crippen LogP contribution >= 0.6 is 11.3 Å². The highest BCUT2D eigenvalue weighted by Crippen LogP contribution is 2.33. The second-order valence-corrected chi connectivity index (χ2v) is 6.43. The van der Waals surface area contributed by atoms with Crippen LogP contribution in [0, 0.1) is 12.8 Å². The topological polar surface area (TPSA) is 72.3 Å². The predicted octanol–water partition coefficient (Wildman–Crippen LogP) is 1.64. The third-order valence-electron chi connectivity index (χ3n) is 3.99. The summed E-state index contributed by atoms with van der Waals surface area (Å²) in [5.41, 5.74) is 12.9. The zero-order chi connectivity index (χ0) is 14.0. The van der Waals surface area contributed by atoms with Crippen molar-refractivity contribution in [2.45, 2.75) is 38.8 Å². The summed E-state index contributed by atoms with van der Waals surface area (Å²) in [4.78, 5) is 15.0. The maximum atomic E-state index is 11.2. The van der Waals surface area contributed by atoms with E-state index in [2.05, 4.69) is 30.2 Å². The van der Waals surface area contributed by atoms with Crippen molar-refractivity contribution < 1.29 is 4.79 Å². The normalized spacial score (nSPS) is 21.2. The first kappa shape index (κ1) is 14.5. The predicted molar refractivity (Wildman–Crippen MR) is 78.9 cm³/mol. The largest absolute Gasteiger partial charge is 0.369 e. The molecule has 19 heavy (non-hydrogen) atoms. The highest BCUT2D eigenvalue weighted by Gasteiger charge is 2.31. The molecule has 1 saturated heterocycles. The van der Waals surface area contributed by atoms with Gasteiger partial charge in [-0.25, -0.2) is 0 Å². The molecule has 2 unspecified atom stereocenters. The quantitative estimate of drug-likeness (QED) is 0.881. The summed E-state index contributed by atoms with van der Waals surface area (Å²) in [6, 6.07) is 2.49. The van der Waals surface area contributed by atoms with Gasteiger partial charge < -0.3 is 11.5 Å². The molecular weight excluding hydrogens is 258 g/mol. The van der Waals surface area contributed by atoms with Gasteiger partial charge in [-0.1, -0.05) is 0 Å². The Bertz CT molecular complexity index is 436. The fraction of sp³-hybridized carbons (Fsp3) is 0.643. The average molecular weight is 281 g/mol. The molecule has 0 saturated carbocycles. The zero-order valence-corrected chi connectivity index (χ0v) is 12.5. The third kappa shape index (κ3) is 3.16. The molecule has 0 aliphatic carbocycles. The Morgan fingerprint density at radius 2 is 2.11 bits per heavy atom. The molecule has 0 spiro atoms. The molecule has 1 fully saturated rings. The number of aryl methyl sites for hydroxylation is 1.